The SMILES string of the molecule is CC(C)(C)c1ccc(-c2ccc3c(c2)C(C)(C)c2ccc(-c4ccccc4N(c4ccc(-c5cccc6oc7ccccc7c56)cc4)c4ccc(-c5cccc6oc7ccccc7c56)cc4)cc2-3)cc1. The summed E-state index contributed by atoms with van der Waals surface area (Å²) < 4.78 is 12.6. The van der Waals surface area contributed by atoms with E-state index in [1.807, 2.05) is 24.3 Å². The third-order valence-electron chi connectivity index (χ3n) is 14.9. The van der Waals surface area contributed by atoms with Gasteiger partial charge in [-0.15, -0.1) is 0 Å². The second kappa shape index (κ2) is 15.8. The summed E-state index contributed by atoms with van der Waals surface area (Å²) in [5, 5.41) is 4.52. The lowest BCUT2D eigenvalue weighted by Gasteiger charge is -2.28. The van der Waals surface area contributed by atoms with Crippen LogP contribution in [-0.4, -0.2) is 0 Å². The van der Waals surface area contributed by atoms with Crippen LogP contribution in [0.4, 0.5) is 17.1 Å². The maximum Gasteiger partial charge on any atom is 0.136 e. The van der Waals surface area contributed by atoms with Gasteiger partial charge in [0.1, 0.15) is 22.3 Å². The zero-order chi connectivity index (χ0) is 47.3. The predicted molar refractivity (Wildman–Crippen MR) is 294 cm³/mol. The van der Waals surface area contributed by atoms with Crippen molar-refractivity contribution in [3.63, 3.8) is 0 Å². The van der Waals surface area contributed by atoms with Crippen LogP contribution in [0.5, 0.6) is 0 Å². The van der Waals surface area contributed by atoms with Crippen molar-refractivity contribution in [1.82, 2.24) is 0 Å². The molecule has 0 amide bonds. The smallest absolute Gasteiger partial charge is 0.136 e. The molecule has 10 aromatic carbocycles. The number of fused-ring (bicyclic) bond motifs is 9. The number of hydrogen-bond donors (Lipinski definition) is 0. The van der Waals surface area contributed by atoms with Gasteiger partial charge in [-0.25, -0.2) is 0 Å². The van der Waals surface area contributed by atoms with E-state index in [1.54, 1.807) is 0 Å². The topological polar surface area (TPSA) is 29.5 Å². The Kier molecular flexibility index (Phi) is 9.45. The minimum Gasteiger partial charge on any atom is -0.456 e. The van der Waals surface area contributed by atoms with Crippen LogP contribution in [0.3, 0.4) is 0 Å². The van der Waals surface area contributed by atoms with Crippen molar-refractivity contribution in [2.45, 2.75) is 45.4 Å². The summed E-state index contributed by atoms with van der Waals surface area (Å²) in [7, 11) is 0. The summed E-state index contributed by atoms with van der Waals surface area (Å²) in [6, 6.07) is 79.6. The third-order valence-corrected chi connectivity index (χ3v) is 14.9. The molecule has 3 heteroatoms. The Balaban J connectivity index is 0.927. The molecule has 2 aromatic heterocycles. The molecule has 0 N–H and O–H groups in total. The van der Waals surface area contributed by atoms with Crippen molar-refractivity contribution in [3.8, 4) is 55.6 Å². The Labute approximate surface area is 408 Å². The molecule has 0 atom stereocenters. The number of nitrogens with zero attached hydrogens (tertiary/aromatic N) is 1. The molecule has 1 aliphatic rings. The van der Waals surface area contributed by atoms with Gasteiger partial charge in [0.2, 0.25) is 0 Å². The molecule has 0 saturated carbocycles. The van der Waals surface area contributed by atoms with E-state index in [0.29, 0.717) is 0 Å². The lowest BCUT2D eigenvalue weighted by atomic mass is 9.81. The average molecular weight is 902 g/mol. The quantitative estimate of drug-likeness (QED) is 0.160. The zero-order valence-electron chi connectivity index (χ0n) is 40.0. The molecule has 12 aromatic rings. The molecule has 0 bridgehead atoms. The normalized spacial score (nSPS) is 13.0. The number of benzene rings is 10. The number of hydrogen-bond acceptors (Lipinski definition) is 3. The van der Waals surface area contributed by atoms with Crippen LogP contribution >= 0.6 is 0 Å². The summed E-state index contributed by atoms with van der Waals surface area (Å²) >= 11 is 0. The van der Waals surface area contributed by atoms with Gasteiger partial charge < -0.3 is 13.7 Å². The highest BCUT2D eigenvalue weighted by Gasteiger charge is 2.36. The first-order chi connectivity index (χ1) is 34.1. The summed E-state index contributed by atoms with van der Waals surface area (Å²) in [5.41, 5.74) is 22.8. The molecule has 0 radical (unpaired) electrons. The number of para-hydroxylation sites is 3. The molecule has 0 aliphatic heterocycles. The fourth-order valence-electron chi connectivity index (χ4n) is 11.2. The molecule has 2 heterocycles. The Morgan fingerprint density at radius 1 is 0.357 bits per heavy atom. The highest BCUT2D eigenvalue weighted by molar-refractivity contribution is 6.13. The van der Waals surface area contributed by atoms with Crippen LogP contribution in [0.25, 0.3) is 99.5 Å². The number of furan rings is 2. The molecule has 1 aliphatic carbocycles. The number of rotatable bonds is 7. The Morgan fingerprint density at radius 3 is 1.43 bits per heavy atom. The molecular formula is C67H51NO2. The second-order valence-electron chi connectivity index (χ2n) is 20.5. The van der Waals surface area contributed by atoms with E-state index in [4.69, 9.17) is 8.83 Å². The van der Waals surface area contributed by atoms with Gasteiger partial charge in [-0.3, -0.25) is 0 Å². The largest absolute Gasteiger partial charge is 0.456 e. The van der Waals surface area contributed by atoms with E-state index < -0.39 is 0 Å². The van der Waals surface area contributed by atoms with Gasteiger partial charge in [0.05, 0.1) is 5.69 Å². The lowest BCUT2D eigenvalue weighted by Crippen LogP contribution is -2.15. The molecule has 0 saturated heterocycles. The van der Waals surface area contributed by atoms with Crippen LogP contribution in [0, 0.1) is 0 Å². The van der Waals surface area contributed by atoms with Crippen LogP contribution in [-0.2, 0) is 10.8 Å². The second-order valence-corrected chi connectivity index (χ2v) is 20.5. The molecule has 336 valence electrons. The number of anilines is 3. The van der Waals surface area contributed by atoms with E-state index in [2.05, 4.69) is 234 Å². The monoisotopic (exact) mass is 901 g/mol. The minimum atomic E-state index is -0.153. The van der Waals surface area contributed by atoms with E-state index in [9.17, 15) is 0 Å². The minimum absolute atomic E-state index is 0.113. The predicted octanol–water partition coefficient (Wildman–Crippen LogP) is 19.2. The van der Waals surface area contributed by atoms with E-state index >= 15 is 0 Å². The van der Waals surface area contributed by atoms with E-state index in [-0.39, 0.29) is 10.8 Å². The van der Waals surface area contributed by atoms with Gasteiger partial charge in [-0.1, -0.05) is 186 Å². The molecule has 0 unspecified atom stereocenters. The van der Waals surface area contributed by atoms with Crippen molar-refractivity contribution in [2.24, 2.45) is 0 Å². The first kappa shape index (κ1) is 41.8. The van der Waals surface area contributed by atoms with Gasteiger partial charge in [-0.05, 0) is 139 Å². The molecule has 13 rings (SSSR count). The molecule has 3 nitrogen and oxygen atoms in total. The maximum atomic E-state index is 6.31. The van der Waals surface area contributed by atoms with Crippen LogP contribution in [0.1, 0.15) is 51.3 Å². The van der Waals surface area contributed by atoms with Crippen molar-refractivity contribution in [2.75, 3.05) is 4.90 Å². The van der Waals surface area contributed by atoms with Gasteiger partial charge in [0, 0.05) is 43.9 Å². The molecule has 70 heavy (non-hydrogen) atoms. The summed E-state index contributed by atoms with van der Waals surface area (Å²) in [5.74, 6) is 0. The van der Waals surface area contributed by atoms with Crippen molar-refractivity contribution < 1.29 is 8.83 Å². The third kappa shape index (κ3) is 6.71. The molecule has 0 spiro atoms. The Morgan fingerprint density at radius 2 is 0.843 bits per heavy atom. The summed E-state index contributed by atoms with van der Waals surface area (Å²) in [6.07, 6.45) is 0. The van der Waals surface area contributed by atoms with E-state index in [1.165, 1.54) is 44.5 Å². The van der Waals surface area contributed by atoms with Crippen LogP contribution in [0.2, 0.25) is 0 Å². The first-order valence-corrected chi connectivity index (χ1v) is 24.4. The Bertz CT molecular complexity index is 3830. The van der Waals surface area contributed by atoms with Crippen molar-refractivity contribution in [1.29, 1.82) is 0 Å². The first-order valence-electron chi connectivity index (χ1n) is 24.4. The lowest BCUT2D eigenvalue weighted by molar-refractivity contribution is 0.590. The van der Waals surface area contributed by atoms with Gasteiger partial charge in [-0.2, -0.15) is 0 Å². The van der Waals surface area contributed by atoms with Gasteiger partial charge in [0.15, 0.2) is 0 Å². The van der Waals surface area contributed by atoms with Crippen molar-refractivity contribution >= 4 is 60.9 Å². The Hall–Kier alpha value is -8.40. The fourth-order valence-corrected chi connectivity index (χ4v) is 11.2. The zero-order valence-corrected chi connectivity index (χ0v) is 40.0. The van der Waals surface area contributed by atoms with Crippen LogP contribution in [0.15, 0.2) is 227 Å². The summed E-state index contributed by atoms with van der Waals surface area (Å²) in [4.78, 5) is 2.41. The average Bonchev–Trinajstić information content (AvgIpc) is 4.04. The molecule has 0 fully saturated rings. The maximum absolute atomic E-state index is 6.31. The van der Waals surface area contributed by atoms with Gasteiger partial charge in [0.25, 0.3) is 0 Å². The standard InChI is InChI=1S/C67H51NO2/c1-66(2,3)47-32-24-42(25-33-47)45-30-38-53-56-40-46(31-39-57(56)67(4,5)58(53)41-45)50-14-6-9-19-59(50)68(48-34-26-43(27-35-48)51-17-12-22-62-64(51)54-15-7-10-20-60(54)69-62)49-36-28-44(29-37-49)52-18-13-23-63-65(52)55-16-8-11-21-61(55)70-63/h6-41H,1-5H3. The fraction of sp³-hybridized carbons (Fsp3) is 0.104. The van der Waals surface area contributed by atoms with E-state index in [0.717, 1.165) is 88.8 Å². The van der Waals surface area contributed by atoms with Gasteiger partial charge >= 0.3 is 0 Å². The van der Waals surface area contributed by atoms with Crippen LogP contribution < -0.4 is 4.90 Å². The summed E-state index contributed by atoms with van der Waals surface area (Å²) in [6.45, 7) is 11.6. The van der Waals surface area contributed by atoms with Crippen molar-refractivity contribution in [3.05, 3.63) is 235 Å². The molecular weight excluding hydrogens is 851 g/mol. The highest BCUT2D eigenvalue weighted by atomic mass is 16.3. The highest BCUT2D eigenvalue weighted by Crippen LogP contribution is 2.52.